The summed E-state index contributed by atoms with van der Waals surface area (Å²) < 4.78 is 0. The smallest absolute Gasteiger partial charge is 0.225 e. The van der Waals surface area contributed by atoms with Crippen molar-refractivity contribution in [1.29, 1.82) is 0 Å². The number of hydrogen-bond acceptors (Lipinski definition) is 5. The third-order valence-corrected chi connectivity index (χ3v) is 3.62. The average molecular weight is 353 g/mol. The number of anilines is 1. The summed E-state index contributed by atoms with van der Waals surface area (Å²) in [5.74, 6) is 0.201. The zero-order valence-corrected chi connectivity index (χ0v) is 13.8. The fourth-order valence-electron chi connectivity index (χ4n) is 1.83. The molecule has 1 N–H and O–H groups in total. The lowest BCUT2D eigenvalue weighted by Crippen LogP contribution is -2.15. The molecule has 2 aromatic rings. The summed E-state index contributed by atoms with van der Waals surface area (Å²) in [6, 6.07) is 8.48. The van der Waals surface area contributed by atoms with Gasteiger partial charge < -0.3 is 10.2 Å². The molecule has 1 aromatic carbocycles. The molecular formula is C15H14Cl2N4O2. The Morgan fingerprint density at radius 1 is 1.26 bits per heavy atom. The van der Waals surface area contributed by atoms with E-state index in [9.17, 15) is 4.79 Å². The molecule has 0 radical (unpaired) electrons. The van der Waals surface area contributed by atoms with Gasteiger partial charge in [0.1, 0.15) is 7.11 Å². The molecule has 2 rings (SSSR count). The number of benzene rings is 1. The Labute approximate surface area is 143 Å². The van der Waals surface area contributed by atoms with Gasteiger partial charge in [-0.15, -0.1) is 5.10 Å². The number of nitrogens with zero attached hydrogens (tertiary/aromatic N) is 3. The Balaban J connectivity index is 2.01. The molecule has 0 spiro atoms. The van der Waals surface area contributed by atoms with E-state index in [4.69, 9.17) is 28.0 Å². The fourth-order valence-corrected chi connectivity index (χ4v) is 2.13. The van der Waals surface area contributed by atoms with Crippen molar-refractivity contribution >= 4 is 40.6 Å². The SMILES string of the molecule is CON=C(CCC(=O)Nc1cccnn1)c1ccc(Cl)c(Cl)c1. The average Bonchev–Trinajstić information content (AvgIpc) is 2.55. The van der Waals surface area contributed by atoms with Crippen molar-refractivity contribution in [3.05, 3.63) is 52.1 Å². The summed E-state index contributed by atoms with van der Waals surface area (Å²) in [4.78, 5) is 16.8. The number of aromatic nitrogens is 2. The number of halogens is 2. The predicted octanol–water partition coefficient (Wildman–Crippen LogP) is 3.55. The van der Waals surface area contributed by atoms with E-state index in [-0.39, 0.29) is 12.3 Å². The number of nitrogens with one attached hydrogen (secondary N) is 1. The van der Waals surface area contributed by atoms with Gasteiger partial charge in [0.2, 0.25) is 5.91 Å². The molecule has 0 aliphatic carbocycles. The maximum atomic E-state index is 12.0. The van der Waals surface area contributed by atoms with Gasteiger partial charge in [0.05, 0.1) is 15.8 Å². The Kier molecular flexibility index (Phi) is 6.31. The molecule has 8 heteroatoms. The Hall–Kier alpha value is -2.18. The van der Waals surface area contributed by atoms with Gasteiger partial charge in [0.25, 0.3) is 0 Å². The molecule has 1 amide bonds. The first-order valence-electron chi connectivity index (χ1n) is 6.73. The van der Waals surface area contributed by atoms with Crippen molar-refractivity contribution in [3.63, 3.8) is 0 Å². The van der Waals surface area contributed by atoms with E-state index < -0.39 is 0 Å². The maximum Gasteiger partial charge on any atom is 0.225 e. The van der Waals surface area contributed by atoms with Crippen molar-refractivity contribution in [1.82, 2.24) is 10.2 Å². The molecule has 0 fully saturated rings. The van der Waals surface area contributed by atoms with Gasteiger partial charge in [0.15, 0.2) is 5.82 Å². The van der Waals surface area contributed by atoms with Gasteiger partial charge in [-0.05, 0) is 24.3 Å². The quantitative estimate of drug-likeness (QED) is 0.636. The van der Waals surface area contributed by atoms with Gasteiger partial charge in [-0.3, -0.25) is 4.79 Å². The Morgan fingerprint density at radius 2 is 2.09 bits per heavy atom. The molecule has 0 atom stereocenters. The number of carbonyl (C=O) groups excluding carboxylic acids is 1. The van der Waals surface area contributed by atoms with Crippen LogP contribution in [0.4, 0.5) is 5.82 Å². The molecule has 1 heterocycles. The highest BCUT2D eigenvalue weighted by Crippen LogP contribution is 2.23. The van der Waals surface area contributed by atoms with Crippen molar-refractivity contribution in [2.45, 2.75) is 12.8 Å². The van der Waals surface area contributed by atoms with Gasteiger partial charge in [-0.25, -0.2) is 0 Å². The minimum atomic E-state index is -0.200. The summed E-state index contributed by atoms with van der Waals surface area (Å²) in [5.41, 5.74) is 1.34. The van der Waals surface area contributed by atoms with Gasteiger partial charge in [-0.2, -0.15) is 5.10 Å². The number of oxime groups is 1. The summed E-state index contributed by atoms with van der Waals surface area (Å²) >= 11 is 11.9. The third kappa shape index (κ3) is 5.19. The van der Waals surface area contributed by atoms with Crippen molar-refractivity contribution < 1.29 is 9.63 Å². The lowest BCUT2D eigenvalue weighted by Gasteiger charge is -2.08. The highest BCUT2D eigenvalue weighted by Gasteiger charge is 2.11. The van der Waals surface area contributed by atoms with Crippen LogP contribution in [0.25, 0.3) is 0 Å². The second kappa shape index (κ2) is 8.45. The summed E-state index contributed by atoms with van der Waals surface area (Å²) in [6.07, 6.45) is 2.11. The zero-order valence-electron chi connectivity index (χ0n) is 12.3. The first kappa shape index (κ1) is 17.2. The van der Waals surface area contributed by atoms with Crippen LogP contribution in [0.15, 0.2) is 41.7 Å². The number of hydrogen-bond donors (Lipinski definition) is 1. The standard InChI is InChI=1S/C15H14Cl2N4O2/c1-23-21-13(10-4-5-11(16)12(17)9-10)6-7-15(22)19-14-3-2-8-18-20-14/h2-5,8-9H,6-7H2,1H3,(H,19,20,22). The molecule has 0 saturated carbocycles. The van der Waals surface area contributed by atoms with Crippen LogP contribution in [-0.4, -0.2) is 28.9 Å². The highest BCUT2D eigenvalue weighted by atomic mass is 35.5. The summed E-state index contributed by atoms with van der Waals surface area (Å²) in [5, 5.41) is 15.0. The minimum absolute atomic E-state index is 0.200. The lowest BCUT2D eigenvalue weighted by atomic mass is 10.1. The molecule has 120 valence electrons. The second-order valence-electron chi connectivity index (χ2n) is 4.51. The van der Waals surface area contributed by atoms with Crippen LogP contribution in [0.1, 0.15) is 18.4 Å². The van der Waals surface area contributed by atoms with Crippen LogP contribution in [0.2, 0.25) is 10.0 Å². The van der Waals surface area contributed by atoms with Gasteiger partial charge >= 0.3 is 0 Å². The highest BCUT2D eigenvalue weighted by molar-refractivity contribution is 6.42. The van der Waals surface area contributed by atoms with Crippen LogP contribution in [0.5, 0.6) is 0 Å². The number of amides is 1. The summed E-state index contributed by atoms with van der Waals surface area (Å²) in [6.45, 7) is 0. The molecule has 0 saturated heterocycles. The van der Waals surface area contributed by atoms with E-state index in [0.717, 1.165) is 5.56 Å². The maximum absolute atomic E-state index is 12.0. The van der Waals surface area contributed by atoms with Crippen LogP contribution < -0.4 is 5.32 Å². The van der Waals surface area contributed by atoms with Crippen LogP contribution in [0.3, 0.4) is 0 Å². The molecule has 23 heavy (non-hydrogen) atoms. The first-order chi connectivity index (χ1) is 11.1. The normalized spacial score (nSPS) is 11.2. The third-order valence-electron chi connectivity index (χ3n) is 2.88. The summed E-state index contributed by atoms with van der Waals surface area (Å²) in [7, 11) is 1.44. The van der Waals surface area contributed by atoms with Crippen LogP contribution in [0, 0.1) is 0 Å². The molecular weight excluding hydrogens is 339 g/mol. The Bertz CT molecular complexity index is 708. The first-order valence-corrected chi connectivity index (χ1v) is 7.48. The molecule has 1 aromatic heterocycles. The van der Waals surface area contributed by atoms with Gasteiger partial charge in [0, 0.05) is 24.6 Å². The van der Waals surface area contributed by atoms with E-state index in [1.807, 2.05) is 0 Å². The number of rotatable bonds is 6. The molecule has 0 aliphatic rings. The largest absolute Gasteiger partial charge is 0.399 e. The number of carbonyl (C=O) groups is 1. The molecule has 0 bridgehead atoms. The van der Waals surface area contributed by atoms with E-state index in [1.54, 1.807) is 30.3 Å². The second-order valence-corrected chi connectivity index (χ2v) is 5.32. The van der Waals surface area contributed by atoms with Crippen molar-refractivity contribution in [3.8, 4) is 0 Å². The van der Waals surface area contributed by atoms with Gasteiger partial charge in [-0.1, -0.05) is 34.4 Å². The topological polar surface area (TPSA) is 76.5 Å². The zero-order chi connectivity index (χ0) is 16.7. The van der Waals surface area contributed by atoms with E-state index in [1.165, 1.54) is 13.3 Å². The fraction of sp³-hybridized carbons (Fsp3) is 0.200. The van der Waals surface area contributed by atoms with E-state index in [0.29, 0.717) is 28.0 Å². The monoisotopic (exact) mass is 352 g/mol. The Morgan fingerprint density at radius 3 is 2.74 bits per heavy atom. The van der Waals surface area contributed by atoms with E-state index >= 15 is 0 Å². The predicted molar refractivity (Wildman–Crippen MR) is 89.9 cm³/mol. The van der Waals surface area contributed by atoms with Crippen molar-refractivity contribution in [2.75, 3.05) is 12.4 Å². The minimum Gasteiger partial charge on any atom is -0.399 e. The van der Waals surface area contributed by atoms with Crippen LogP contribution >= 0.6 is 23.2 Å². The van der Waals surface area contributed by atoms with E-state index in [2.05, 4.69) is 20.7 Å². The van der Waals surface area contributed by atoms with Crippen LogP contribution in [-0.2, 0) is 9.63 Å². The molecule has 6 nitrogen and oxygen atoms in total. The molecule has 0 aliphatic heterocycles. The van der Waals surface area contributed by atoms with Crippen molar-refractivity contribution in [2.24, 2.45) is 5.16 Å². The molecule has 0 unspecified atom stereocenters. The lowest BCUT2D eigenvalue weighted by molar-refractivity contribution is -0.116.